The average molecular weight is 261 g/mol. The number of hydrogen-bond acceptors (Lipinski definition) is 3. The van der Waals surface area contributed by atoms with E-state index >= 15 is 0 Å². The monoisotopic (exact) mass is 261 g/mol. The van der Waals surface area contributed by atoms with Gasteiger partial charge < -0.3 is 11.1 Å². The molecule has 5 heteroatoms. The Morgan fingerprint density at radius 1 is 1.11 bits per heavy atom. The summed E-state index contributed by atoms with van der Waals surface area (Å²) in [7, 11) is 0. The van der Waals surface area contributed by atoms with E-state index in [9.17, 15) is 9.59 Å². The summed E-state index contributed by atoms with van der Waals surface area (Å²) in [6.07, 6.45) is 5.44. The fraction of sp³-hybridized carbons (Fsp3) is 0.429. The standard InChI is InChI=1S/C14H19N3O2/c15-12-9-5-4-8-11(12)13(18)17-14(19)16-10-6-2-1-3-7-10/h4-5,8-10H,1-3,6-7,15H2,(H2,16,17,18,19). The van der Waals surface area contributed by atoms with Crippen LogP contribution in [0, 0.1) is 0 Å². The number of benzene rings is 1. The van der Waals surface area contributed by atoms with Gasteiger partial charge in [0.1, 0.15) is 0 Å². The Labute approximate surface area is 112 Å². The number of nitrogens with one attached hydrogen (secondary N) is 2. The second-order valence-corrected chi connectivity index (χ2v) is 4.85. The molecule has 5 nitrogen and oxygen atoms in total. The van der Waals surface area contributed by atoms with Gasteiger partial charge in [0.25, 0.3) is 5.91 Å². The molecule has 0 aliphatic heterocycles. The zero-order chi connectivity index (χ0) is 13.7. The topological polar surface area (TPSA) is 84.2 Å². The normalized spacial score (nSPS) is 15.8. The van der Waals surface area contributed by atoms with Gasteiger partial charge in [-0.2, -0.15) is 0 Å². The van der Waals surface area contributed by atoms with Gasteiger partial charge in [0.05, 0.1) is 5.56 Å². The molecule has 1 fully saturated rings. The molecule has 0 aromatic heterocycles. The first kappa shape index (κ1) is 13.4. The first-order chi connectivity index (χ1) is 9.16. The number of anilines is 1. The molecule has 0 radical (unpaired) electrons. The summed E-state index contributed by atoms with van der Waals surface area (Å²) in [4.78, 5) is 23.6. The third-order valence-corrected chi connectivity index (χ3v) is 3.37. The van der Waals surface area contributed by atoms with Crippen molar-refractivity contribution in [3.8, 4) is 0 Å². The lowest BCUT2D eigenvalue weighted by Gasteiger charge is -2.22. The first-order valence-corrected chi connectivity index (χ1v) is 6.63. The van der Waals surface area contributed by atoms with E-state index < -0.39 is 11.9 Å². The van der Waals surface area contributed by atoms with E-state index in [0.717, 1.165) is 25.7 Å². The molecule has 0 saturated heterocycles. The maximum absolute atomic E-state index is 11.9. The number of nitrogen functional groups attached to an aromatic ring is 1. The lowest BCUT2D eigenvalue weighted by atomic mass is 9.96. The number of amides is 3. The molecule has 1 saturated carbocycles. The van der Waals surface area contributed by atoms with Gasteiger partial charge in [0.2, 0.25) is 0 Å². The molecule has 0 atom stereocenters. The molecular weight excluding hydrogens is 242 g/mol. The molecule has 102 valence electrons. The molecular formula is C14H19N3O2. The fourth-order valence-electron chi connectivity index (χ4n) is 2.34. The molecule has 1 aliphatic carbocycles. The van der Waals surface area contributed by atoms with Crippen LogP contribution in [0.2, 0.25) is 0 Å². The third-order valence-electron chi connectivity index (χ3n) is 3.37. The highest BCUT2D eigenvalue weighted by Gasteiger charge is 2.18. The van der Waals surface area contributed by atoms with Crippen LogP contribution in [0.4, 0.5) is 10.5 Å². The maximum Gasteiger partial charge on any atom is 0.321 e. The van der Waals surface area contributed by atoms with Gasteiger partial charge in [-0.25, -0.2) is 4.79 Å². The molecule has 0 spiro atoms. The van der Waals surface area contributed by atoms with Crippen LogP contribution in [-0.2, 0) is 0 Å². The van der Waals surface area contributed by atoms with Crippen LogP contribution in [0.3, 0.4) is 0 Å². The Morgan fingerprint density at radius 3 is 2.47 bits per heavy atom. The van der Waals surface area contributed by atoms with Crippen molar-refractivity contribution in [2.24, 2.45) is 0 Å². The Bertz CT molecular complexity index is 468. The number of hydrogen-bond donors (Lipinski definition) is 3. The molecule has 3 amide bonds. The number of carbonyl (C=O) groups excluding carboxylic acids is 2. The van der Waals surface area contributed by atoms with Gasteiger partial charge >= 0.3 is 6.03 Å². The maximum atomic E-state index is 11.9. The molecule has 0 unspecified atom stereocenters. The molecule has 0 heterocycles. The van der Waals surface area contributed by atoms with E-state index in [-0.39, 0.29) is 6.04 Å². The molecule has 1 aliphatic rings. The minimum Gasteiger partial charge on any atom is -0.398 e. The summed E-state index contributed by atoms with van der Waals surface area (Å²) in [5, 5.41) is 5.14. The van der Waals surface area contributed by atoms with Crippen LogP contribution in [0.5, 0.6) is 0 Å². The minimum atomic E-state index is -0.466. The Morgan fingerprint density at radius 2 is 1.79 bits per heavy atom. The predicted octanol–water partition coefficient (Wildman–Crippen LogP) is 2.04. The lowest BCUT2D eigenvalue weighted by molar-refractivity contribution is 0.0963. The number of carbonyl (C=O) groups is 2. The number of imide groups is 1. The van der Waals surface area contributed by atoms with Gasteiger partial charge in [-0.1, -0.05) is 31.4 Å². The second kappa shape index (κ2) is 6.22. The SMILES string of the molecule is Nc1ccccc1C(=O)NC(=O)NC1CCCCC1. The van der Waals surface area contributed by atoms with Gasteiger partial charge in [-0.15, -0.1) is 0 Å². The average Bonchev–Trinajstić information content (AvgIpc) is 2.40. The third kappa shape index (κ3) is 3.71. The van der Waals surface area contributed by atoms with Crippen LogP contribution in [-0.4, -0.2) is 18.0 Å². The van der Waals surface area contributed by atoms with E-state index in [4.69, 9.17) is 5.73 Å². The summed E-state index contributed by atoms with van der Waals surface area (Å²) in [5.74, 6) is -0.466. The summed E-state index contributed by atoms with van der Waals surface area (Å²) in [6.45, 7) is 0. The quantitative estimate of drug-likeness (QED) is 0.712. The van der Waals surface area contributed by atoms with E-state index in [1.807, 2.05) is 0 Å². The van der Waals surface area contributed by atoms with E-state index in [1.54, 1.807) is 24.3 Å². The molecule has 1 aromatic carbocycles. The number of urea groups is 1. The van der Waals surface area contributed by atoms with E-state index in [1.165, 1.54) is 6.42 Å². The van der Waals surface area contributed by atoms with Crippen molar-refractivity contribution in [1.29, 1.82) is 0 Å². The zero-order valence-electron chi connectivity index (χ0n) is 10.8. The van der Waals surface area contributed by atoms with E-state index in [2.05, 4.69) is 10.6 Å². The molecule has 1 aromatic rings. The Hall–Kier alpha value is -2.04. The van der Waals surface area contributed by atoms with Crippen molar-refractivity contribution in [2.45, 2.75) is 38.1 Å². The zero-order valence-corrected chi connectivity index (χ0v) is 10.8. The summed E-state index contributed by atoms with van der Waals surface area (Å²) >= 11 is 0. The predicted molar refractivity (Wildman–Crippen MR) is 73.7 cm³/mol. The van der Waals surface area contributed by atoms with Crippen molar-refractivity contribution in [1.82, 2.24) is 10.6 Å². The molecule has 2 rings (SSSR count). The fourth-order valence-corrected chi connectivity index (χ4v) is 2.34. The molecule has 19 heavy (non-hydrogen) atoms. The van der Waals surface area contributed by atoms with Crippen LogP contribution < -0.4 is 16.4 Å². The van der Waals surface area contributed by atoms with Crippen molar-refractivity contribution >= 4 is 17.6 Å². The second-order valence-electron chi connectivity index (χ2n) is 4.85. The highest BCUT2D eigenvalue weighted by Crippen LogP contribution is 2.17. The van der Waals surface area contributed by atoms with Crippen molar-refractivity contribution in [3.63, 3.8) is 0 Å². The van der Waals surface area contributed by atoms with Gasteiger partial charge in [0.15, 0.2) is 0 Å². The number of nitrogens with two attached hydrogens (primary N) is 1. The Balaban J connectivity index is 1.88. The first-order valence-electron chi connectivity index (χ1n) is 6.63. The van der Waals surface area contributed by atoms with Crippen molar-refractivity contribution in [2.75, 3.05) is 5.73 Å². The highest BCUT2D eigenvalue weighted by atomic mass is 16.2. The summed E-state index contributed by atoms with van der Waals surface area (Å²) < 4.78 is 0. The summed E-state index contributed by atoms with van der Waals surface area (Å²) in [5.41, 5.74) is 6.38. The van der Waals surface area contributed by atoms with Crippen molar-refractivity contribution < 1.29 is 9.59 Å². The number of rotatable bonds is 2. The molecule has 4 N–H and O–H groups in total. The van der Waals surface area contributed by atoms with Crippen LogP contribution in [0.25, 0.3) is 0 Å². The van der Waals surface area contributed by atoms with E-state index in [0.29, 0.717) is 11.3 Å². The largest absolute Gasteiger partial charge is 0.398 e. The van der Waals surface area contributed by atoms with Crippen molar-refractivity contribution in [3.05, 3.63) is 29.8 Å². The van der Waals surface area contributed by atoms with Gasteiger partial charge in [0, 0.05) is 11.7 Å². The lowest BCUT2D eigenvalue weighted by Crippen LogP contribution is -2.45. The summed E-state index contributed by atoms with van der Waals surface area (Å²) in [6, 6.07) is 6.42. The smallest absolute Gasteiger partial charge is 0.321 e. The number of para-hydroxylation sites is 1. The minimum absolute atomic E-state index is 0.176. The van der Waals surface area contributed by atoms with Gasteiger partial charge in [-0.05, 0) is 25.0 Å². The van der Waals surface area contributed by atoms with Gasteiger partial charge in [-0.3, -0.25) is 10.1 Å². The van der Waals surface area contributed by atoms with Crippen LogP contribution in [0.15, 0.2) is 24.3 Å². The van der Waals surface area contributed by atoms with Crippen LogP contribution in [0.1, 0.15) is 42.5 Å². The highest BCUT2D eigenvalue weighted by molar-refractivity contribution is 6.07. The molecule has 0 bridgehead atoms. The van der Waals surface area contributed by atoms with Crippen LogP contribution >= 0.6 is 0 Å². The Kier molecular flexibility index (Phi) is 4.39.